The molecule has 3 aromatic rings. The molecule has 0 aliphatic carbocycles. The lowest BCUT2D eigenvalue weighted by molar-refractivity contribution is 0.0916. The number of rotatable bonds is 4. The second-order valence-corrected chi connectivity index (χ2v) is 5.08. The second kappa shape index (κ2) is 5.40. The number of hydrogen-bond donors (Lipinski definition) is 2. The highest BCUT2D eigenvalue weighted by Crippen LogP contribution is 2.15. The molecule has 0 radical (unpaired) electrons. The van der Waals surface area contributed by atoms with E-state index < -0.39 is 6.10 Å². The first-order chi connectivity index (χ1) is 9.74. The molecular weight excluding hydrogens is 276 g/mol. The van der Waals surface area contributed by atoms with Crippen LogP contribution in [0.5, 0.6) is 0 Å². The number of hydrogen-bond acceptors (Lipinski definition) is 5. The molecule has 0 spiro atoms. The van der Waals surface area contributed by atoms with E-state index in [0.29, 0.717) is 11.2 Å². The lowest BCUT2D eigenvalue weighted by atomic mass is 10.2. The number of nitrogens with one attached hydrogen (secondary N) is 1. The maximum Gasteiger partial charge on any atom is 0.252 e. The average Bonchev–Trinajstić information content (AvgIpc) is 3.13. The van der Waals surface area contributed by atoms with Crippen LogP contribution in [0.25, 0.3) is 5.65 Å². The molecule has 7 heteroatoms. The molecule has 3 aromatic heterocycles. The van der Waals surface area contributed by atoms with Gasteiger partial charge in [0.15, 0.2) is 5.65 Å². The van der Waals surface area contributed by atoms with E-state index in [1.54, 1.807) is 22.7 Å². The molecule has 102 valence electrons. The zero-order chi connectivity index (χ0) is 13.9. The molecule has 1 amide bonds. The van der Waals surface area contributed by atoms with Crippen LogP contribution >= 0.6 is 11.3 Å². The summed E-state index contributed by atoms with van der Waals surface area (Å²) in [6.07, 6.45) is 2.50. The van der Waals surface area contributed by atoms with Crippen LogP contribution in [-0.2, 0) is 0 Å². The summed E-state index contributed by atoms with van der Waals surface area (Å²) < 4.78 is 1.67. The van der Waals surface area contributed by atoms with Gasteiger partial charge in [0.05, 0.1) is 11.7 Å². The van der Waals surface area contributed by atoms with Crippen molar-refractivity contribution in [1.29, 1.82) is 0 Å². The smallest absolute Gasteiger partial charge is 0.252 e. The molecule has 0 bridgehead atoms. The van der Waals surface area contributed by atoms with E-state index in [0.717, 1.165) is 5.56 Å². The number of carbonyl (C=O) groups excluding carboxylic acids is 1. The van der Waals surface area contributed by atoms with Gasteiger partial charge in [-0.05, 0) is 34.5 Å². The molecule has 0 saturated carbocycles. The third-order valence-corrected chi connectivity index (χ3v) is 3.64. The lowest BCUT2D eigenvalue weighted by Gasteiger charge is -2.10. The van der Waals surface area contributed by atoms with Gasteiger partial charge in [-0.2, -0.15) is 11.3 Å². The van der Waals surface area contributed by atoms with Crippen LogP contribution in [0.4, 0.5) is 0 Å². The molecular formula is C13H12N4O2S. The van der Waals surface area contributed by atoms with E-state index >= 15 is 0 Å². The van der Waals surface area contributed by atoms with Crippen LogP contribution in [0.15, 0.2) is 41.5 Å². The molecule has 0 saturated heterocycles. The number of carbonyl (C=O) groups is 1. The van der Waals surface area contributed by atoms with Gasteiger partial charge in [0.2, 0.25) is 0 Å². The van der Waals surface area contributed by atoms with Crippen LogP contribution in [0.1, 0.15) is 22.0 Å². The summed E-state index contributed by atoms with van der Waals surface area (Å²) >= 11 is 1.51. The maximum absolute atomic E-state index is 12.0. The van der Waals surface area contributed by atoms with Crippen molar-refractivity contribution >= 4 is 22.9 Å². The summed E-state index contributed by atoms with van der Waals surface area (Å²) in [4.78, 5) is 12.0. The minimum Gasteiger partial charge on any atom is -0.387 e. The van der Waals surface area contributed by atoms with E-state index in [2.05, 4.69) is 15.5 Å². The van der Waals surface area contributed by atoms with Gasteiger partial charge in [-0.25, -0.2) is 0 Å². The van der Waals surface area contributed by atoms with Gasteiger partial charge < -0.3 is 10.4 Å². The Hall–Kier alpha value is -2.25. The summed E-state index contributed by atoms with van der Waals surface area (Å²) in [6.45, 7) is 0.176. The first kappa shape index (κ1) is 12.8. The fraction of sp³-hybridized carbons (Fsp3) is 0.154. The average molecular weight is 288 g/mol. The Balaban J connectivity index is 1.66. The number of fused-ring (bicyclic) bond motifs is 1. The molecule has 0 aromatic carbocycles. The maximum atomic E-state index is 12.0. The van der Waals surface area contributed by atoms with Crippen LogP contribution in [0, 0.1) is 0 Å². The van der Waals surface area contributed by atoms with Crippen LogP contribution < -0.4 is 5.32 Å². The number of thiophene rings is 1. The highest BCUT2D eigenvalue weighted by atomic mass is 32.1. The fourth-order valence-corrected chi connectivity index (χ4v) is 2.54. The monoisotopic (exact) mass is 288 g/mol. The summed E-state index contributed by atoms with van der Waals surface area (Å²) in [5.41, 5.74) is 1.99. The van der Waals surface area contributed by atoms with E-state index in [9.17, 15) is 9.90 Å². The highest BCUT2D eigenvalue weighted by molar-refractivity contribution is 7.07. The Morgan fingerprint density at radius 1 is 1.45 bits per heavy atom. The van der Waals surface area contributed by atoms with Gasteiger partial charge >= 0.3 is 0 Å². The minimum atomic E-state index is -0.691. The second-order valence-electron chi connectivity index (χ2n) is 4.30. The third kappa shape index (κ3) is 2.54. The third-order valence-electron chi connectivity index (χ3n) is 2.94. The molecule has 2 N–H and O–H groups in total. The zero-order valence-corrected chi connectivity index (χ0v) is 11.2. The van der Waals surface area contributed by atoms with Crippen molar-refractivity contribution in [2.24, 2.45) is 0 Å². The van der Waals surface area contributed by atoms with Crippen LogP contribution in [0.2, 0.25) is 0 Å². The van der Waals surface area contributed by atoms with Crippen molar-refractivity contribution in [3.8, 4) is 0 Å². The molecule has 0 fully saturated rings. The molecule has 6 nitrogen and oxygen atoms in total. The SMILES string of the molecule is O=C(NCC(O)c1ccsc1)c1ccc2nncn2c1. The first-order valence-electron chi connectivity index (χ1n) is 6.02. The number of nitrogens with zero attached hydrogens (tertiary/aromatic N) is 3. The van der Waals surface area contributed by atoms with Crippen molar-refractivity contribution in [2.45, 2.75) is 6.10 Å². The van der Waals surface area contributed by atoms with Gasteiger partial charge in [0.1, 0.15) is 6.33 Å². The number of pyridine rings is 1. The molecule has 20 heavy (non-hydrogen) atoms. The minimum absolute atomic E-state index is 0.176. The zero-order valence-electron chi connectivity index (χ0n) is 10.4. The van der Waals surface area contributed by atoms with Crippen LogP contribution in [-0.4, -0.2) is 32.2 Å². The summed E-state index contributed by atoms with van der Waals surface area (Å²) in [6, 6.07) is 5.23. The molecule has 1 unspecified atom stereocenters. The Morgan fingerprint density at radius 2 is 2.35 bits per heavy atom. The lowest BCUT2D eigenvalue weighted by Crippen LogP contribution is -2.28. The highest BCUT2D eigenvalue weighted by Gasteiger charge is 2.11. The Labute approximate surface area is 118 Å². The summed E-state index contributed by atoms with van der Waals surface area (Å²) in [5.74, 6) is -0.241. The Morgan fingerprint density at radius 3 is 3.15 bits per heavy atom. The number of aliphatic hydroxyl groups is 1. The predicted octanol–water partition coefficient (Wildman–Crippen LogP) is 1.25. The molecule has 0 aliphatic rings. The normalized spacial score (nSPS) is 12.4. The standard InChI is InChI=1S/C13H12N4O2S/c18-11(10-3-4-20-7-10)5-14-13(19)9-1-2-12-16-15-8-17(12)6-9/h1-4,6-8,11,18H,5H2,(H,14,19). The van der Waals surface area contributed by atoms with Crippen molar-refractivity contribution in [2.75, 3.05) is 6.54 Å². The predicted molar refractivity (Wildman–Crippen MR) is 74.6 cm³/mol. The van der Waals surface area contributed by atoms with Gasteiger partial charge in [-0.3, -0.25) is 9.20 Å². The molecule has 0 aliphatic heterocycles. The molecule has 3 heterocycles. The van der Waals surface area contributed by atoms with Gasteiger partial charge in [0.25, 0.3) is 5.91 Å². The number of aliphatic hydroxyl groups excluding tert-OH is 1. The van der Waals surface area contributed by atoms with E-state index in [4.69, 9.17) is 0 Å². The van der Waals surface area contributed by atoms with E-state index in [1.165, 1.54) is 17.7 Å². The topological polar surface area (TPSA) is 79.5 Å². The van der Waals surface area contributed by atoms with Gasteiger partial charge in [-0.15, -0.1) is 10.2 Å². The summed E-state index contributed by atoms with van der Waals surface area (Å²) in [7, 11) is 0. The largest absolute Gasteiger partial charge is 0.387 e. The quantitative estimate of drug-likeness (QED) is 0.757. The van der Waals surface area contributed by atoms with Crippen molar-refractivity contribution in [1.82, 2.24) is 19.9 Å². The van der Waals surface area contributed by atoms with Crippen molar-refractivity contribution in [3.63, 3.8) is 0 Å². The van der Waals surface area contributed by atoms with Crippen LogP contribution in [0.3, 0.4) is 0 Å². The number of amides is 1. The van der Waals surface area contributed by atoms with E-state index in [1.807, 2.05) is 16.8 Å². The van der Waals surface area contributed by atoms with Crippen molar-refractivity contribution in [3.05, 3.63) is 52.6 Å². The van der Waals surface area contributed by atoms with Crippen molar-refractivity contribution < 1.29 is 9.90 Å². The number of aromatic nitrogens is 3. The first-order valence-corrected chi connectivity index (χ1v) is 6.96. The fourth-order valence-electron chi connectivity index (χ4n) is 1.84. The van der Waals surface area contributed by atoms with Gasteiger partial charge in [-0.1, -0.05) is 0 Å². The molecule has 3 rings (SSSR count). The van der Waals surface area contributed by atoms with Gasteiger partial charge in [0, 0.05) is 12.7 Å². The Bertz CT molecular complexity index is 723. The Kier molecular flexibility index (Phi) is 3.44. The van der Waals surface area contributed by atoms with E-state index in [-0.39, 0.29) is 12.5 Å². The summed E-state index contributed by atoms with van der Waals surface area (Å²) in [5, 5.41) is 24.0. The molecule has 1 atom stereocenters.